The fraction of sp³-hybridized carbons (Fsp3) is 0.714. The van der Waals surface area contributed by atoms with E-state index in [0.29, 0.717) is 10.3 Å². The summed E-state index contributed by atoms with van der Waals surface area (Å²) < 4.78 is 9.77. The third-order valence-corrected chi connectivity index (χ3v) is 2.35. The fourth-order valence-corrected chi connectivity index (χ4v) is 1.61. The van der Waals surface area contributed by atoms with Crippen LogP contribution in [0.5, 0.6) is 0 Å². The highest BCUT2D eigenvalue weighted by Gasteiger charge is 2.14. The molecule has 0 aliphatic heterocycles. The smallest absolute Gasteiger partial charge is 0.203 e. The molecule has 0 fully saturated rings. The van der Waals surface area contributed by atoms with E-state index >= 15 is 0 Å². The molecule has 0 bridgehead atoms. The van der Waals surface area contributed by atoms with E-state index in [-0.39, 0.29) is 6.10 Å². The van der Waals surface area contributed by atoms with E-state index in [9.17, 15) is 0 Å². The number of rotatable bonds is 4. The van der Waals surface area contributed by atoms with Crippen LogP contribution in [-0.4, -0.2) is 16.5 Å². The van der Waals surface area contributed by atoms with E-state index in [1.807, 2.05) is 0 Å². The average molecular weight is 207 g/mol. The zero-order valence-electron chi connectivity index (χ0n) is 7.08. The van der Waals surface area contributed by atoms with E-state index in [1.54, 1.807) is 7.11 Å². The van der Waals surface area contributed by atoms with E-state index in [0.717, 1.165) is 12.8 Å². The molecular formula is C7H11ClN2OS. The molecule has 5 heteroatoms. The van der Waals surface area contributed by atoms with E-state index in [2.05, 4.69) is 16.3 Å². The van der Waals surface area contributed by atoms with Crippen molar-refractivity contribution in [1.82, 2.24) is 9.36 Å². The lowest BCUT2D eigenvalue weighted by atomic mass is 10.2. The third kappa shape index (κ3) is 2.40. The molecule has 1 rings (SSSR count). The first kappa shape index (κ1) is 9.89. The van der Waals surface area contributed by atoms with Gasteiger partial charge in [-0.25, -0.2) is 4.98 Å². The molecule has 1 unspecified atom stereocenters. The summed E-state index contributed by atoms with van der Waals surface area (Å²) in [7, 11) is 1.66. The van der Waals surface area contributed by atoms with Crippen LogP contribution in [0.3, 0.4) is 0 Å². The van der Waals surface area contributed by atoms with Gasteiger partial charge in [-0.05, 0) is 29.6 Å². The number of aromatic nitrogens is 2. The first-order valence-corrected chi connectivity index (χ1v) is 4.95. The Morgan fingerprint density at radius 2 is 2.42 bits per heavy atom. The Morgan fingerprint density at radius 1 is 1.67 bits per heavy atom. The molecule has 0 saturated heterocycles. The normalized spacial score (nSPS) is 13.2. The lowest BCUT2D eigenvalue weighted by Crippen LogP contribution is -2.02. The Kier molecular flexibility index (Phi) is 3.91. The molecule has 0 radical (unpaired) electrons. The van der Waals surface area contributed by atoms with Gasteiger partial charge in [-0.1, -0.05) is 13.3 Å². The van der Waals surface area contributed by atoms with E-state index in [4.69, 9.17) is 16.3 Å². The monoisotopic (exact) mass is 206 g/mol. The van der Waals surface area contributed by atoms with Crippen LogP contribution in [0.25, 0.3) is 0 Å². The van der Waals surface area contributed by atoms with Gasteiger partial charge in [0.2, 0.25) is 4.47 Å². The highest BCUT2D eigenvalue weighted by molar-refractivity contribution is 7.10. The van der Waals surface area contributed by atoms with Crippen molar-refractivity contribution in [2.45, 2.75) is 25.9 Å². The maximum Gasteiger partial charge on any atom is 0.203 e. The van der Waals surface area contributed by atoms with Gasteiger partial charge >= 0.3 is 0 Å². The minimum absolute atomic E-state index is 0.00116. The average Bonchev–Trinajstić information content (AvgIpc) is 2.47. The van der Waals surface area contributed by atoms with Gasteiger partial charge in [-0.3, -0.25) is 0 Å². The van der Waals surface area contributed by atoms with Gasteiger partial charge in [0.15, 0.2) is 5.82 Å². The number of hydrogen-bond acceptors (Lipinski definition) is 4. The van der Waals surface area contributed by atoms with Crippen molar-refractivity contribution in [3.63, 3.8) is 0 Å². The van der Waals surface area contributed by atoms with Crippen LogP contribution in [0.4, 0.5) is 0 Å². The number of halogens is 1. The minimum Gasteiger partial charge on any atom is -0.373 e. The standard InChI is InChI=1S/C7H11ClN2OS/c1-3-4-5(11-2)6-9-7(8)12-10-6/h5H,3-4H2,1-2H3. The molecule has 3 nitrogen and oxygen atoms in total. The molecule has 0 aliphatic rings. The highest BCUT2D eigenvalue weighted by atomic mass is 35.5. The number of hydrogen-bond donors (Lipinski definition) is 0. The number of ether oxygens (including phenoxy) is 1. The Bertz CT molecular complexity index is 241. The van der Waals surface area contributed by atoms with Crippen molar-refractivity contribution in [3.8, 4) is 0 Å². The van der Waals surface area contributed by atoms with Crippen LogP contribution in [0.15, 0.2) is 0 Å². The molecule has 12 heavy (non-hydrogen) atoms. The summed E-state index contributed by atoms with van der Waals surface area (Å²) in [4.78, 5) is 4.05. The van der Waals surface area contributed by atoms with Crippen molar-refractivity contribution in [1.29, 1.82) is 0 Å². The van der Waals surface area contributed by atoms with Crippen molar-refractivity contribution in [2.24, 2.45) is 0 Å². The van der Waals surface area contributed by atoms with Crippen molar-refractivity contribution in [3.05, 3.63) is 10.3 Å². The quantitative estimate of drug-likeness (QED) is 0.760. The summed E-state index contributed by atoms with van der Waals surface area (Å²) in [6.07, 6.45) is 1.98. The second-order valence-electron chi connectivity index (χ2n) is 2.42. The van der Waals surface area contributed by atoms with Gasteiger partial charge in [0, 0.05) is 7.11 Å². The van der Waals surface area contributed by atoms with Gasteiger partial charge in [-0.15, -0.1) is 0 Å². The van der Waals surface area contributed by atoms with Gasteiger partial charge in [0.25, 0.3) is 0 Å². The maximum absolute atomic E-state index is 5.65. The predicted molar refractivity (Wildman–Crippen MR) is 49.6 cm³/mol. The maximum atomic E-state index is 5.65. The molecule has 0 spiro atoms. The molecule has 1 aromatic rings. The molecule has 0 N–H and O–H groups in total. The van der Waals surface area contributed by atoms with E-state index < -0.39 is 0 Å². The van der Waals surface area contributed by atoms with Gasteiger partial charge < -0.3 is 4.74 Å². The number of nitrogens with zero attached hydrogens (tertiary/aromatic N) is 2. The Hall–Kier alpha value is -0.190. The summed E-state index contributed by atoms with van der Waals surface area (Å²) in [6.45, 7) is 2.10. The zero-order valence-corrected chi connectivity index (χ0v) is 8.65. The van der Waals surface area contributed by atoms with Crippen LogP contribution < -0.4 is 0 Å². The van der Waals surface area contributed by atoms with E-state index in [1.165, 1.54) is 11.5 Å². The lowest BCUT2D eigenvalue weighted by Gasteiger charge is -2.08. The summed E-state index contributed by atoms with van der Waals surface area (Å²) in [5.41, 5.74) is 0. The SMILES string of the molecule is CCCC(OC)c1nsc(Cl)n1. The van der Waals surface area contributed by atoms with Crippen molar-refractivity contribution in [2.75, 3.05) is 7.11 Å². The minimum atomic E-state index is -0.00116. The largest absolute Gasteiger partial charge is 0.373 e. The van der Waals surface area contributed by atoms with Crippen LogP contribution in [0.1, 0.15) is 31.7 Å². The van der Waals surface area contributed by atoms with Gasteiger partial charge in [-0.2, -0.15) is 4.37 Å². The molecule has 0 aliphatic carbocycles. The summed E-state index contributed by atoms with van der Waals surface area (Å²) in [6, 6.07) is 0. The highest BCUT2D eigenvalue weighted by Crippen LogP contribution is 2.22. The summed E-state index contributed by atoms with van der Waals surface area (Å²) in [5, 5.41) is 0. The molecule has 1 aromatic heterocycles. The van der Waals surface area contributed by atoms with Crippen LogP contribution in [0.2, 0.25) is 4.47 Å². The topological polar surface area (TPSA) is 35.0 Å². The van der Waals surface area contributed by atoms with Gasteiger partial charge in [0.05, 0.1) is 0 Å². The molecule has 68 valence electrons. The molecule has 0 aromatic carbocycles. The van der Waals surface area contributed by atoms with Crippen molar-refractivity contribution >= 4 is 23.1 Å². The summed E-state index contributed by atoms with van der Waals surface area (Å²) >= 11 is 6.85. The summed E-state index contributed by atoms with van der Waals surface area (Å²) in [5.74, 6) is 0.703. The van der Waals surface area contributed by atoms with Crippen LogP contribution >= 0.6 is 23.1 Å². The van der Waals surface area contributed by atoms with Crippen molar-refractivity contribution < 1.29 is 4.74 Å². The molecule has 1 atom stereocenters. The second kappa shape index (κ2) is 4.74. The lowest BCUT2D eigenvalue weighted by molar-refractivity contribution is 0.0887. The van der Waals surface area contributed by atoms with Crippen LogP contribution in [0, 0.1) is 0 Å². The molecule has 0 saturated carbocycles. The molecule has 0 amide bonds. The third-order valence-electron chi connectivity index (χ3n) is 1.54. The molecule has 1 heterocycles. The second-order valence-corrected chi connectivity index (χ2v) is 3.75. The zero-order chi connectivity index (χ0) is 8.97. The first-order valence-electron chi connectivity index (χ1n) is 3.79. The fourth-order valence-electron chi connectivity index (χ4n) is 0.961. The predicted octanol–water partition coefficient (Wildman–Crippen LogP) is 2.68. The Balaban J connectivity index is 2.66. The first-order chi connectivity index (χ1) is 5.77. The Morgan fingerprint density at radius 3 is 2.83 bits per heavy atom. The Labute approximate surface area is 80.9 Å². The van der Waals surface area contributed by atoms with Crippen LogP contribution in [-0.2, 0) is 4.74 Å². The number of methoxy groups -OCH3 is 1. The molecular weight excluding hydrogens is 196 g/mol. The van der Waals surface area contributed by atoms with Gasteiger partial charge in [0.1, 0.15) is 6.10 Å².